The first-order valence-electron chi connectivity index (χ1n) is 5.97. The van der Waals surface area contributed by atoms with E-state index in [1.165, 1.54) is 6.07 Å². The second-order valence-electron chi connectivity index (χ2n) is 4.13. The van der Waals surface area contributed by atoms with Crippen LogP contribution in [-0.2, 0) is 0 Å². The molecule has 0 radical (unpaired) electrons. The summed E-state index contributed by atoms with van der Waals surface area (Å²) in [6.07, 6.45) is 0. The highest BCUT2D eigenvalue weighted by atomic mass is 16.4. The molecule has 1 heterocycles. The van der Waals surface area contributed by atoms with E-state index in [1.54, 1.807) is 18.2 Å². The number of carbonyl (C=O) groups is 1. The highest BCUT2D eigenvalue weighted by Crippen LogP contribution is 2.26. The molecule has 0 aliphatic heterocycles. The van der Waals surface area contributed by atoms with Gasteiger partial charge >= 0.3 is 5.97 Å². The summed E-state index contributed by atoms with van der Waals surface area (Å²) in [4.78, 5) is 11.2. The van der Waals surface area contributed by atoms with Gasteiger partial charge < -0.3 is 15.7 Å². The summed E-state index contributed by atoms with van der Waals surface area (Å²) in [5.74, 6) is -0.470. The van der Waals surface area contributed by atoms with E-state index in [0.717, 1.165) is 5.56 Å². The Morgan fingerprint density at radius 1 is 0.905 bits per heavy atom. The van der Waals surface area contributed by atoms with Gasteiger partial charge in [-0.25, -0.2) is 4.79 Å². The predicted molar refractivity (Wildman–Crippen MR) is 77.2 cm³/mol. The second-order valence-corrected chi connectivity index (χ2v) is 4.13. The van der Waals surface area contributed by atoms with Crippen LogP contribution in [0.1, 0.15) is 10.4 Å². The molecule has 0 fully saturated rings. The van der Waals surface area contributed by atoms with Crippen molar-refractivity contribution in [1.82, 2.24) is 16.3 Å². The van der Waals surface area contributed by atoms with Gasteiger partial charge in [-0.1, -0.05) is 30.3 Å². The maximum absolute atomic E-state index is 11.2. The number of benzene rings is 2. The van der Waals surface area contributed by atoms with Crippen molar-refractivity contribution in [3.63, 3.8) is 0 Å². The minimum atomic E-state index is -1.03. The zero-order valence-electron chi connectivity index (χ0n) is 11.1. The largest absolute Gasteiger partial charge is 0.478 e. The number of aromatic carboxylic acids is 1. The number of nitrogens with zero attached hydrogens (tertiary/aromatic N) is 2. The van der Waals surface area contributed by atoms with Crippen LogP contribution in [-0.4, -0.2) is 21.3 Å². The Morgan fingerprint density at radius 3 is 2.24 bits per heavy atom. The van der Waals surface area contributed by atoms with Crippen LogP contribution >= 0.6 is 0 Å². The Kier molecular flexibility index (Phi) is 4.10. The van der Waals surface area contributed by atoms with Gasteiger partial charge in [0, 0.05) is 5.56 Å². The van der Waals surface area contributed by atoms with Crippen LogP contribution < -0.4 is 6.15 Å². The number of carboxylic acids is 1. The fourth-order valence-electron chi connectivity index (χ4n) is 1.89. The summed E-state index contributed by atoms with van der Waals surface area (Å²) in [6.45, 7) is 0. The van der Waals surface area contributed by atoms with Gasteiger partial charge in [-0.15, -0.1) is 10.2 Å². The van der Waals surface area contributed by atoms with Gasteiger partial charge in [0.1, 0.15) is 0 Å². The molecular weight excluding hydrogens is 270 g/mol. The third kappa shape index (κ3) is 2.80. The van der Waals surface area contributed by atoms with Gasteiger partial charge in [0.05, 0.1) is 11.1 Å². The van der Waals surface area contributed by atoms with E-state index in [-0.39, 0.29) is 17.6 Å². The van der Waals surface area contributed by atoms with Crippen molar-refractivity contribution in [2.24, 2.45) is 0 Å². The molecule has 0 saturated carbocycles. The van der Waals surface area contributed by atoms with Crippen molar-refractivity contribution in [3.8, 4) is 22.9 Å². The molecule has 0 amide bonds. The zero-order chi connectivity index (χ0) is 13.9. The average Bonchev–Trinajstić information content (AvgIpc) is 2.98. The molecule has 0 spiro atoms. The number of carboxylic acid groups (broad SMARTS) is 1. The minimum Gasteiger partial charge on any atom is -0.478 e. The lowest BCUT2D eigenvalue weighted by molar-refractivity contribution is 0.0697. The van der Waals surface area contributed by atoms with Crippen molar-refractivity contribution in [2.75, 3.05) is 0 Å². The highest BCUT2D eigenvalue weighted by Gasteiger charge is 2.16. The summed E-state index contributed by atoms with van der Waals surface area (Å²) in [5.41, 5.74) is 1.34. The van der Waals surface area contributed by atoms with E-state index in [4.69, 9.17) is 9.52 Å². The lowest BCUT2D eigenvalue weighted by Gasteiger charge is -2.00. The monoisotopic (exact) mass is 283 g/mol. The Morgan fingerprint density at radius 2 is 1.52 bits per heavy atom. The first-order valence-corrected chi connectivity index (χ1v) is 5.97. The molecule has 2 aromatic carbocycles. The van der Waals surface area contributed by atoms with Crippen LogP contribution in [0, 0.1) is 0 Å². The van der Waals surface area contributed by atoms with Gasteiger partial charge in [0.2, 0.25) is 11.8 Å². The van der Waals surface area contributed by atoms with Gasteiger partial charge in [0.15, 0.2) is 0 Å². The molecule has 0 unspecified atom stereocenters. The molecule has 0 saturated heterocycles. The standard InChI is InChI=1S/C15H10N2O3.H3N/c18-15(19)12-9-5-4-8-11(12)14-17-16-13(20-14)10-6-2-1-3-7-10;/h1-9H,(H,18,19);1H3. The van der Waals surface area contributed by atoms with E-state index < -0.39 is 5.97 Å². The molecular formula is C15H13N3O3. The molecule has 21 heavy (non-hydrogen) atoms. The Hall–Kier alpha value is -2.99. The summed E-state index contributed by atoms with van der Waals surface area (Å²) in [5, 5.41) is 17.0. The maximum atomic E-state index is 11.2. The van der Waals surface area contributed by atoms with E-state index in [2.05, 4.69) is 10.2 Å². The smallest absolute Gasteiger partial charge is 0.336 e. The zero-order valence-corrected chi connectivity index (χ0v) is 11.1. The Bertz CT molecular complexity index is 754. The van der Waals surface area contributed by atoms with Gasteiger partial charge in [-0.05, 0) is 24.3 Å². The summed E-state index contributed by atoms with van der Waals surface area (Å²) >= 11 is 0. The molecule has 3 aromatic rings. The highest BCUT2D eigenvalue weighted by molar-refractivity contribution is 5.94. The molecule has 0 atom stereocenters. The van der Waals surface area contributed by atoms with Crippen LogP contribution in [0.15, 0.2) is 59.0 Å². The van der Waals surface area contributed by atoms with Gasteiger partial charge in [0.25, 0.3) is 0 Å². The summed E-state index contributed by atoms with van der Waals surface area (Å²) in [7, 11) is 0. The van der Waals surface area contributed by atoms with Crippen molar-refractivity contribution in [3.05, 3.63) is 60.2 Å². The number of rotatable bonds is 3. The van der Waals surface area contributed by atoms with Crippen LogP contribution in [0.25, 0.3) is 22.9 Å². The van der Waals surface area contributed by atoms with Crippen molar-refractivity contribution < 1.29 is 14.3 Å². The summed E-state index contributed by atoms with van der Waals surface area (Å²) in [6, 6.07) is 15.8. The first-order chi connectivity index (χ1) is 9.75. The maximum Gasteiger partial charge on any atom is 0.336 e. The van der Waals surface area contributed by atoms with Crippen molar-refractivity contribution in [1.29, 1.82) is 0 Å². The molecule has 0 bridgehead atoms. The third-order valence-electron chi connectivity index (χ3n) is 2.83. The van der Waals surface area contributed by atoms with Crippen LogP contribution in [0.3, 0.4) is 0 Å². The molecule has 6 heteroatoms. The fourth-order valence-corrected chi connectivity index (χ4v) is 1.89. The number of hydrogen-bond acceptors (Lipinski definition) is 5. The van der Waals surface area contributed by atoms with E-state index in [1.807, 2.05) is 30.3 Å². The third-order valence-corrected chi connectivity index (χ3v) is 2.83. The lowest BCUT2D eigenvalue weighted by Crippen LogP contribution is -1.98. The van der Waals surface area contributed by atoms with E-state index >= 15 is 0 Å². The molecule has 4 N–H and O–H groups in total. The second kappa shape index (κ2) is 5.98. The molecule has 3 rings (SSSR count). The quantitative estimate of drug-likeness (QED) is 0.763. The normalized spacial score (nSPS) is 9.90. The van der Waals surface area contributed by atoms with Crippen molar-refractivity contribution in [2.45, 2.75) is 0 Å². The van der Waals surface area contributed by atoms with Crippen LogP contribution in [0.2, 0.25) is 0 Å². The molecule has 1 aromatic heterocycles. The summed E-state index contributed by atoms with van der Waals surface area (Å²) < 4.78 is 5.56. The van der Waals surface area contributed by atoms with E-state index in [0.29, 0.717) is 11.5 Å². The van der Waals surface area contributed by atoms with Crippen LogP contribution in [0.4, 0.5) is 0 Å². The minimum absolute atomic E-state index is 0. The van der Waals surface area contributed by atoms with Crippen LogP contribution in [0.5, 0.6) is 0 Å². The molecule has 0 aliphatic rings. The average molecular weight is 283 g/mol. The predicted octanol–water partition coefficient (Wildman–Crippen LogP) is 3.26. The fraction of sp³-hybridized carbons (Fsp3) is 0. The molecule has 0 aliphatic carbocycles. The van der Waals surface area contributed by atoms with E-state index in [9.17, 15) is 4.79 Å². The topological polar surface area (TPSA) is 111 Å². The molecule has 106 valence electrons. The SMILES string of the molecule is N.O=C(O)c1ccccc1-c1nnc(-c2ccccc2)o1. The molecule has 6 nitrogen and oxygen atoms in total. The first kappa shape index (κ1) is 14.4. The Balaban J connectivity index is 0.00000161. The van der Waals surface area contributed by atoms with Crippen molar-refractivity contribution >= 4 is 5.97 Å². The Labute approximate surface area is 120 Å². The number of hydrogen-bond donors (Lipinski definition) is 2. The number of aromatic nitrogens is 2. The van der Waals surface area contributed by atoms with Gasteiger partial charge in [-0.3, -0.25) is 0 Å². The van der Waals surface area contributed by atoms with Gasteiger partial charge in [-0.2, -0.15) is 0 Å². The lowest BCUT2D eigenvalue weighted by atomic mass is 10.1.